The van der Waals surface area contributed by atoms with E-state index in [0.29, 0.717) is 18.4 Å². The number of nitrogens with zero attached hydrogens (tertiary/aromatic N) is 3. The first-order chi connectivity index (χ1) is 12.1. The van der Waals surface area contributed by atoms with Crippen LogP contribution in [0.5, 0.6) is 0 Å². The second-order valence-corrected chi connectivity index (χ2v) is 7.11. The molecular formula is C19H30FIN4O. The minimum Gasteiger partial charge on any atom is -0.379 e. The molecule has 0 radical (unpaired) electrons. The monoisotopic (exact) mass is 476 g/mol. The maximum Gasteiger partial charge on any atom is 0.191 e. The number of guanidine groups is 1. The van der Waals surface area contributed by atoms with Gasteiger partial charge >= 0.3 is 0 Å². The van der Waals surface area contributed by atoms with E-state index in [1.807, 2.05) is 12.1 Å². The van der Waals surface area contributed by atoms with E-state index < -0.39 is 0 Å². The number of aliphatic imine (C=N–C) groups is 1. The van der Waals surface area contributed by atoms with Crippen LogP contribution >= 0.6 is 24.0 Å². The lowest BCUT2D eigenvalue weighted by molar-refractivity contribution is 0.0179. The average molecular weight is 476 g/mol. The Kier molecular flexibility index (Phi) is 8.56. The molecule has 26 heavy (non-hydrogen) atoms. The minimum atomic E-state index is -0.213. The highest BCUT2D eigenvalue weighted by atomic mass is 127. The molecule has 3 rings (SSSR count). The fourth-order valence-corrected chi connectivity index (χ4v) is 3.68. The molecule has 2 N–H and O–H groups in total. The molecule has 0 saturated carbocycles. The predicted molar refractivity (Wildman–Crippen MR) is 113 cm³/mol. The van der Waals surface area contributed by atoms with Crippen LogP contribution in [0.2, 0.25) is 0 Å². The van der Waals surface area contributed by atoms with Crippen LogP contribution in [0.1, 0.15) is 31.4 Å². The number of rotatable bonds is 4. The van der Waals surface area contributed by atoms with E-state index in [9.17, 15) is 4.39 Å². The summed E-state index contributed by atoms with van der Waals surface area (Å²) in [5.74, 6) is 1.08. The molecule has 0 spiro atoms. The van der Waals surface area contributed by atoms with Gasteiger partial charge in [0.05, 0.1) is 25.8 Å². The van der Waals surface area contributed by atoms with Crippen molar-refractivity contribution in [2.45, 2.75) is 25.8 Å². The van der Waals surface area contributed by atoms with Crippen LogP contribution in [0.15, 0.2) is 29.3 Å². The Bertz CT molecular complexity index is 577. The molecule has 2 heterocycles. The van der Waals surface area contributed by atoms with Crippen molar-refractivity contribution in [3.8, 4) is 0 Å². The number of hydrogen-bond acceptors (Lipinski definition) is 3. The Morgan fingerprint density at radius 2 is 1.96 bits per heavy atom. The molecule has 7 heteroatoms. The van der Waals surface area contributed by atoms with Gasteiger partial charge < -0.3 is 15.4 Å². The number of likely N-dealkylation sites (tertiary alicyclic amines) is 1. The molecule has 1 aromatic rings. The van der Waals surface area contributed by atoms with Crippen molar-refractivity contribution >= 4 is 29.9 Å². The zero-order valence-corrected chi connectivity index (χ0v) is 17.8. The molecule has 5 nitrogen and oxygen atoms in total. The Labute approximate surface area is 172 Å². The van der Waals surface area contributed by atoms with Crippen molar-refractivity contribution < 1.29 is 9.13 Å². The molecule has 0 bridgehead atoms. The van der Waals surface area contributed by atoms with Crippen molar-refractivity contribution in [1.29, 1.82) is 0 Å². The molecule has 0 aliphatic carbocycles. The van der Waals surface area contributed by atoms with Crippen LogP contribution in [0.25, 0.3) is 0 Å². The molecule has 2 unspecified atom stereocenters. The SMILES string of the molecule is CC1CCCN(C(N)=NCC(c2ccc(F)cc2)N2CCOCC2)C1.I. The van der Waals surface area contributed by atoms with E-state index >= 15 is 0 Å². The van der Waals surface area contributed by atoms with Crippen LogP contribution in [-0.2, 0) is 4.74 Å². The third-order valence-electron chi connectivity index (χ3n) is 5.15. The molecule has 2 aliphatic rings. The van der Waals surface area contributed by atoms with Gasteiger partial charge in [0, 0.05) is 26.2 Å². The number of piperidine rings is 1. The summed E-state index contributed by atoms with van der Waals surface area (Å²) in [5, 5.41) is 0. The maximum atomic E-state index is 13.3. The number of ether oxygens (including phenoxy) is 1. The van der Waals surface area contributed by atoms with Gasteiger partial charge in [0.1, 0.15) is 5.82 Å². The highest BCUT2D eigenvalue weighted by Gasteiger charge is 2.23. The highest BCUT2D eigenvalue weighted by molar-refractivity contribution is 14.0. The first-order valence-electron chi connectivity index (χ1n) is 9.25. The first kappa shape index (κ1) is 21.4. The van der Waals surface area contributed by atoms with Gasteiger partial charge in [-0.1, -0.05) is 19.1 Å². The lowest BCUT2D eigenvalue weighted by Gasteiger charge is -2.35. The van der Waals surface area contributed by atoms with Crippen LogP contribution < -0.4 is 5.73 Å². The largest absolute Gasteiger partial charge is 0.379 e. The van der Waals surface area contributed by atoms with Gasteiger partial charge in [0.25, 0.3) is 0 Å². The minimum absolute atomic E-state index is 0. The summed E-state index contributed by atoms with van der Waals surface area (Å²) in [6.07, 6.45) is 2.43. The molecule has 2 atom stereocenters. The van der Waals surface area contributed by atoms with Crippen LogP contribution in [0, 0.1) is 11.7 Å². The van der Waals surface area contributed by atoms with Crippen molar-refractivity contribution in [2.24, 2.45) is 16.6 Å². The van der Waals surface area contributed by atoms with Gasteiger partial charge in [-0.05, 0) is 36.5 Å². The second-order valence-electron chi connectivity index (χ2n) is 7.11. The van der Waals surface area contributed by atoms with Crippen molar-refractivity contribution in [2.75, 3.05) is 45.9 Å². The number of halogens is 2. The molecule has 0 amide bonds. The van der Waals surface area contributed by atoms with Gasteiger partial charge in [0.2, 0.25) is 0 Å². The maximum absolute atomic E-state index is 13.3. The highest BCUT2D eigenvalue weighted by Crippen LogP contribution is 2.23. The van der Waals surface area contributed by atoms with Crippen molar-refractivity contribution in [3.63, 3.8) is 0 Å². The predicted octanol–water partition coefficient (Wildman–Crippen LogP) is 2.86. The Balaban J connectivity index is 0.00000243. The molecule has 2 fully saturated rings. The third-order valence-corrected chi connectivity index (χ3v) is 5.15. The first-order valence-corrected chi connectivity index (χ1v) is 9.25. The Morgan fingerprint density at radius 1 is 1.27 bits per heavy atom. The summed E-state index contributed by atoms with van der Waals surface area (Å²) < 4.78 is 18.8. The normalized spacial score (nSPS) is 23.4. The smallest absolute Gasteiger partial charge is 0.191 e. The van der Waals surface area contributed by atoms with Gasteiger partial charge in [0.15, 0.2) is 5.96 Å². The van der Waals surface area contributed by atoms with Crippen LogP contribution in [-0.4, -0.2) is 61.7 Å². The Morgan fingerprint density at radius 3 is 2.62 bits per heavy atom. The molecule has 1 aromatic carbocycles. The van der Waals surface area contributed by atoms with E-state index in [1.165, 1.54) is 25.0 Å². The summed E-state index contributed by atoms with van der Waals surface area (Å²) >= 11 is 0. The van der Waals surface area contributed by atoms with E-state index in [-0.39, 0.29) is 35.8 Å². The molecule has 146 valence electrons. The number of hydrogen-bond donors (Lipinski definition) is 1. The summed E-state index contributed by atoms with van der Waals surface area (Å²) in [6, 6.07) is 6.84. The molecule has 2 aliphatic heterocycles. The quantitative estimate of drug-likeness (QED) is 0.413. The van der Waals surface area contributed by atoms with Crippen molar-refractivity contribution in [3.05, 3.63) is 35.6 Å². The van der Waals surface area contributed by atoms with E-state index in [0.717, 1.165) is 45.0 Å². The summed E-state index contributed by atoms with van der Waals surface area (Å²) in [5.41, 5.74) is 7.34. The van der Waals surface area contributed by atoms with E-state index in [1.54, 1.807) is 0 Å². The van der Waals surface area contributed by atoms with E-state index in [4.69, 9.17) is 15.5 Å². The number of nitrogens with two attached hydrogens (primary N) is 1. The van der Waals surface area contributed by atoms with Gasteiger partial charge in [-0.2, -0.15) is 0 Å². The molecule has 2 saturated heterocycles. The zero-order chi connectivity index (χ0) is 17.6. The van der Waals surface area contributed by atoms with Gasteiger partial charge in [-0.15, -0.1) is 24.0 Å². The summed E-state index contributed by atoms with van der Waals surface area (Å²) in [7, 11) is 0. The second kappa shape index (κ2) is 10.4. The van der Waals surface area contributed by atoms with E-state index in [2.05, 4.69) is 16.7 Å². The molecule has 0 aromatic heterocycles. The molecular weight excluding hydrogens is 446 g/mol. The lowest BCUT2D eigenvalue weighted by Crippen LogP contribution is -2.44. The number of morpholine rings is 1. The van der Waals surface area contributed by atoms with Crippen molar-refractivity contribution in [1.82, 2.24) is 9.80 Å². The topological polar surface area (TPSA) is 54.1 Å². The summed E-state index contributed by atoms with van der Waals surface area (Å²) in [4.78, 5) is 9.24. The fourth-order valence-electron chi connectivity index (χ4n) is 3.68. The van der Waals surface area contributed by atoms with Gasteiger partial charge in [-0.3, -0.25) is 9.89 Å². The summed E-state index contributed by atoms with van der Waals surface area (Å²) in [6.45, 7) is 7.97. The Hall–Kier alpha value is -0.930. The fraction of sp³-hybridized carbons (Fsp3) is 0.632. The van der Waals surface area contributed by atoms with Crippen LogP contribution in [0.4, 0.5) is 4.39 Å². The lowest BCUT2D eigenvalue weighted by atomic mass is 10.0. The zero-order valence-electron chi connectivity index (χ0n) is 15.4. The third kappa shape index (κ3) is 5.79. The van der Waals surface area contributed by atoms with Gasteiger partial charge in [-0.25, -0.2) is 4.39 Å². The number of benzene rings is 1. The standard InChI is InChI=1S/C19H29FN4O.HI/c1-15-3-2-8-24(14-15)19(21)22-13-18(23-9-11-25-12-10-23)16-4-6-17(20)7-5-16;/h4-7,15,18H,2-3,8-14H2,1H3,(H2,21,22);1H. The van der Waals surface area contributed by atoms with Crippen LogP contribution in [0.3, 0.4) is 0 Å². The average Bonchev–Trinajstić information content (AvgIpc) is 2.64.